The summed E-state index contributed by atoms with van der Waals surface area (Å²) in [5.74, 6) is 0. The lowest BCUT2D eigenvalue weighted by atomic mass is 10.1. The third-order valence-electron chi connectivity index (χ3n) is 3.83. The molecule has 1 saturated heterocycles. The molecule has 112 valence electrons. The van der Waals surface area contributed by atoms with Crippen LogP contribution in [0.4, 0.5) is 11.4 Å². The van der Waals surface area contributed by atoms with Gasteiger partial charge in [-0.3, -0.25) is 15.0 Å². The molecule has 0 bridgehead atoms. The summed E-state index contributed by atoms with van der Waals surface area (Å²) in [5.41, 5.74) is 0.818. The fraction of sp³-hybridized carbons (Fsp3) is 0.500. The van der Waals surface area contributed by atoms with Gasteiger partial charge >= 0.3 is 0 Å². The molecule has 1 atom stereocenters. The van der Waals surface area contributed by atoms with Crippen molar-refractivity contribution in [3.8, 4) is 6.07 Å². The standard InChI is InChI=1S/C14H19N5O2/c1-17-5-6-18(2)12(10-17)9-16-13-7-11(8-15)3-4-14(13)19(20)21/h3-4,7,12,16H,5-6,9-10H2,1-2H3. The van der Waals surface area contributed by atoms with Crippen LogP contribution < -0.4 is 5.32 Å². The van der Waals surface area contributed by atoms with E-state index in [1.807, 2.05) is 6.07 Å². The summed E-state index contributed by atoms with van der Waals surface area (Å²) in [6.07, 6.45) is 0. The molecule has 1 unspecified atom stereocenters. The van der Waals surface area contributed by atoms with Crippen LogP contribution in [-0.2, 0) is 0 Å². The van der Waals surface area contributed by atoms with Crippen LogP contribution in [0.2, 0.25) is 0 Å². The normalized spacial score (nSPS) is 20.0. The summed E-state index contributed by atoms with van der Waals surface area (Å²) < 4.78 is 0. The number of nitrogens with one attached hydrogen (secondary N) is 1. The minimum Gasteiger partial charge on any atom is -0.378 e. The van der Waals surface area contributed by atoms with Gasteiger partial charge in [-0.15, -0.1) is 0 Å². The highest BCUT2D eigenvalue weighted by molar-refractivity contribution is 5.64. The van der Waals surface area contributed by atoms with Crippen LogP contribution in [0.5, 0.6) is 0 Å². The molecule has 0 aliphatic carbocycles. The first-order chi connectivity index (χ1) is 10.0. The predicted molar refractivity (Wildman–Crippen MR) is 80.2 cm³/mol. The Bertz CT molecular complexity index is 569. The van der Waals surface area contributed by atoms with Crippen LogP contribution in [0.3, 0.4) is 0 Å². The molecule has 1 fully saturated rings. The zero-order valence-electron chi connectivity index (χ0n) is 12.2. The predicted octanol–water partition coefficient (Wildman–Crippen LogP) is 1.12. The molecule has 0 aromatic heterocycles. The molecule has 0 saturated carbocycles. The molecule has 1 aromatic carbocycles. The lowest BCUT2D eigenvalue weighted by Gasteiger charge is -2.37. The van der Waals surface area contributed by atoms with E-state index in [0.717, 1.165) is 19.6 Å². The van der Waals surface area contributed by atoms with Crippen molar-refractivity contribution in [1.82, 2.24) is 9.80 Å². The zero-order valence-corrected chi connectivity index (χ0v) is 12.2. The van der Waals surface area contributed by atoms with E-state index in [4.69, 9.17) is 5.26 Å². The van der Waals surface area contributed by atoms with Crippen molar-refractivity contribution >= 4 is 11.4 Å². The van der Waals surface area contributed by atoms with Crippen LogP contribution >= 0.6 is 0 Å². The van der Waals surface area contributed by atoms with Gasteiger partial charge in [-0.25, -0.2) is 0 Å². The van der Waals surface area contributed by atoms with E-state index >= 15 is 0 Å². The number of nitriles is 1. The minimum absolute atomic E-state index is 0.000757. The van der Waals surface area contributed by atoms with Crippen molar-refractivity contribution in [3.05, 3.63) is 33.9 Å². The molecular formula is C14H19N5O2. The third-order valence-corrected chi connectivity index (χ3v) is 3.83. The van der Waals surface area contributed by atoms with Gasteiger partial charge in [0.1, 0.15) is 5.69 Å². The second-order valence-electron chi connectivity index (χ2n) is 5.38. The maximum absolute atomic E-state index is 11.1. The molecule has 7 heteroatoms. The molecule has 1 aliphatic heterocycles. The second-order valence-corrected chi connectivity index (χ2v) is 5.38. The first kappa shape index (κ1) is 15.2. The van der Waals surface area contributed by atoms with Crippen molar-refractivity contribution in [3.63, 3.8) is 0 Å². The Kier molecular flexibility index (Phi) is 4.73. The topological polar surface area (TPSA) is 85.4 Å². The van der Waals surface area contributed by atoms with Crippen LogP contribution in [-0.4, -0.2) is 61.0 Å². The van der Waals surface area contributed by atoms with Crippen LogP contribution in [0.15, 0.2) is 18.2 Å². The van der Waals surface area contributed by atoms with Gasteiger partial charge in [-0.2, -0.15) is 5.26 Å². The SMILES string of the molecule is CN1CCN(C)C(CNc2cc(C#N)ccc2[N+](=O)[O-])C1. The highest BCUT2D eigenvalue weighted by atomic mass is 16.6. The average Bonchev–Trinajstić information content (AvgIpc) is 2.47. The fourth-order valence-electron chi connectivity index (χ4n) is 2.46. The monoisotopic (exact) mass is 289 g/mol. The zero-order chi connectivity index (χ0) is 15.4. The average molecular weight is 289 g/mol. The number of hydrogen-bond acceptors (Lipinski definition) is 6. The highest BCUT2D eigenvalue weighted by Crippen LogP contribution is 2.25. The van der Waals surface area contributed by atoms with Gasteiger partial charge in [0.05, 0.1) is 16.6 Å². The number of anilines is 1. The number of piperazine rings is 1. The number of hydrogen-bond donors (Lipinski definition) is 1. The quantitative estimate of drug-likeness (QED) is 0.660. The number of nitro benzene ring substituents is 1. The summed E-state index contributed by atoms with van der Waals surface area (Å²) in [4.78, 5) is 15.1. The molecule has 0 amide bonds. The van der Waals surface area contributed by atoms with E-state index in [1.165, 1.54) is 18.2 Å². The summed E-state index contributed by atoms with van der Waals surface area (Å²) in [7, 11) is 4.12. The Labute approximate surface area is 123 Å². The molecule has 1 aliphatic rings. The van der Waals surface area contributed by atoms with Crippen molar-refractivity contribution < 1.29 is 4.92 Å². The van der Waals surface area contributed by atoms with Gasteiger partial charge in [-0.05, 0) is 26.2 Å². The molecule has 1 N–H and O–H groups in total. The molecule has 21 heavy (non-hydrogen) atoms. The molecule has 2 rings (SSSR count). The number of benzene rings is 1. The third kappa shape index (κ3) is 3.68. The molecule has 1 aromatic rings. The van der Waals surface area contributed by atoms with Gasteiger partial charge in [0.2, 0.25) is 0 Å². The van der Waals surface area contributed by atoms with E-state index in [0.29, 0.717) is 17.8 Å². The number of nitro groups is 1. The summed E-state index contributed by atoms with van der Waals surface area (Å²) in [5, 5.41) is 23.1. The van der Waals surface area contributed by atoms with E-state index in [-0.39, 0.29) is 11.7 Å². The smallest absolute Gasteiger partial charge is 0.292 e. The van der Waals surface area contributed by atoms with Crippen molar-refractivity contribution in [2.75, 3.05) is 45.6 Å². The van der Waals surface area contributed by atoms with E-state index in [1.54, 1.807) is 0 Å². The first-order valence-electron chi connectivity index (χ1n) is 6.82. The Morgan fingerprint density at radius 2 is 2.24 bits per heavy atom. The molecule has 0 radical (unpaired) electrons. The minimum atomic E-state index is -0.430. The molecule has 0 spiro atoms. The summed E-state index contributed by atoms with van der Waals surface area (Å²) in [6, 6.07) is 6.66. The Morgan fingerprint density at radius 1 is 1.48 bits per heavy atom. The summed E-state index contributed by atoms with van der Waals surface area (Å²) in [6.45, 7) is 3.52. The maximum atomic E-state index is 11.1. The van der Waals surface area contributed by atoms with Crippen molar-refractivity contribution in [2.45, 2.75) is 6.04 Å². The van der Waals surface area contributed by atoms with E-state index < -0.39 is 4.92 Å². The number of nitrogens with zero attached hydrogens (tertiary/aromatic N) is 4. The Hall–Kier alpha value is -2.17. The Morgan fingerprint density at radius 3 is 2.90 bits per heavy atom. The number of rotatable bonds is 4. The van der Waals surface area contributed by atoms with Crippen LogP contribution in [0.1, 0.15) is 5.56 Å². The van der Waals surface area contributed by atoms with Gasteiger partial charge in [0.15, 0.2) is 0 Å². The van der Waals surface area contributed by atoms with E-state index in [9.17, 15) is 10.1 Å². The van der Waals surface area contributed by atoms with Gasteiger partial charge in [-0.1, -0.05) is 0 Å². The van der Waals surface area contributed by atoms with Gasteiger partial charge in [0.25, 0.3) is 5.69 Å². The lowest BCUT2D eigenvalue weighted by Crippen LogP contribution is -2.52. The molecule has 7 nitrogen and oxygen atoms in total. The van der Waals surface area contributed by atoms with E-state index in [2.05, 4.69) is 29.2 Å². The molecular weight excluding hydrogens is 270 g/mol. The van der Waals surface area contributed by atoms with Crippen LogP contribution in [0.25, 0.3) is 0 Å². The second kappa shape index (κ2) is 6.52. The van der Waals surface area contributed by atoms with Crippen molar-refractivity contribution in [2.24, 2.45) is 0 Å². The summed E-state index contributed by atoms with van der Waals surface area (Å²) >= 11 is 0. The maximum Gasteiger partial charge on any atom is 0.292 e. The fourth-order valence-corrected chi connectivity index (χ4v) is 2.46. The first-order valence-corrected chi connectivity index (χ1v) is 6.82. The lowest BCUT2D eigenvalue weighted by molar-refractivity contribution is -0.384. The highest BCUT2D eigenvalue weighted by Gasteiger charge is 2.23. The Balaban J connectivity index is 2.11. The largest absolute Gasteiger partial charge is 0.378 e. The van der Waals surface area contributed by atoms with Crippen LogP contribution in [0, 0.1) is 21.4 Å². The molecule has 1 heterocycles. The van der Waals surface area contributed by atoms with Crippen molar-refractivity contribution in [1.29, 1.82) is 5.26 Å². The number of likely N-dealkylation sites (N-methyl/N-ethyl adjacent to an activating group) is 2. The van der Waals surface area contributed by atoms with Gasteiger partial charge in [0, 0.05) is 38.3 Å². The van der Waals surface area contributed by atoms with Gasteiger partial charge < -0.3 is 10.2 Å².